The van der Waals surface area contributed by atoms with Crippen molar-refractivity contribution in [1.29, 1.82) is 0 Å². The summed E-state index contributed by atoms with van der Waals surface area (Å²) in [6, 6.07) is 7.36. The number of para-hydroxylation sites is 2. The second kappa shape index (κ2) is 16.8. The van der Waals surface area contributed by atoms with Gasteiger partial charge in [0, 0.05) is 56.8 Å². The number of hydrogen-bond acceptors (Lipinski definition) is 10. The average molecular weight is 775 g/mol. The van der Waals surface area contributed by atoms with Gasteiger partial charge in [-0.05, 0) is 31.0 Å². The van der Waals surface area contributed by atoms with Gasteiger partial charge in [-0.3, -0.25) is 9.59 Å². The number of piperidine rings is 1. The van der Waals surface area contributed by atoms with Crippen LogP contribution < -0.4 is 19.1 Å². The molecule has 5 rings (SSSR count). The van der Waals surface area contributed by atoms with Crippen molar-refractivity contribution in [3.05, 3.63) is 64.0 Å². The summed E-state index contributed by atoms with van der Waals surface area (Å²) < 4.78 is 101. The number of carbonyl (C=O) groups is 2. The molecule has 0 aliphatic carbocycles. The van der Waals surface area contributed by atoms with Crippen molar-refractivity contribution in [3.63, 3.8) is 0 Å². The van der Waals surface area contributed by atoms with Gasteiger partial charge in [0.1, 0.15) is 35.2 Å². The van der Waals surface area contributed by atoms with Gasteiger partial charge in [0.05, 0.1) is 30.5 Å². The van der Waals surface area contributed by atoms with Gasteiger partial charge in [-0.25, -0.2) is 4.98 Å². The molecule has 2 aromatic heterocycles. The van der Waals surface area contributed by atoms with Gasteiger partial charge in [-0.15, -0.1) is 11.3 Å². The van der Waals surface area contributed by atoms with Gasteiger partial charge in [0.25, 0.3) is 11.8 Å². The number of aliphatic hydroxyl groups excluding tert-OH is 2. The van der Waals surface area contributed by atoms with E-state index in [0.29, 0.717) is 42.7 Å². The van der Waals surface area contributed by atoms with Gasteiger partial charge < -0.3 is 39.1 Å². The molecule has 290 valence electrons. The van der Waals surface area contributed by atoms with Crippen molar-refractivity contribution in [2.75, 3.05) is 64.1 Å². The first-order valence-corrected chi connectivity index (χ1v) is 18.0. The van der Waals surface area contributed by atoms with Crippen LogP contribution in [0.2, 0.25) is 0 Å². The Morgan fingerprint density at radius 2 is 1.66 bits per heavy atom. The van der Waals surface area contributed by atoms with E-state index < -0.39 is 70.9 Å². The number of alkyl halides is 6. The van der Waals surface area contributed by atoms with Crippen molar-refractivity contribution in [1.82, 2.24) is 14.8 Å². The molecule has 2 aliphatic rings. The molecule has 4 heterocycles. The number of thiophene rings is 1. The van der Waals surface area contributed by atoms with Crippen molar-refractivity contribution in [2.24, 2.45) is 0 Å². The van der Waals surface area contributed by atoms with Crippen LogP contribution >= 0.6 is 11.3 Å². The number of amides is 2. The fraction of sp³-hybridized carbons (Fsp3) is 0.514. The molecule has 11 nitrogen and oxygen atoms in total. The molecule has 0 saturated carbocycles. The first-order chi connectivity index (χ1) is 25.2. The van der Waals surface area contributed by atoms with Gasteiger partial charge in [-0.2, -0.15) is 26.3 Å². The maximum absolute atomic E-state index is 14.9. The third-order valence-corrected chi connectivity index (χ3v) is 10.0. The van der Waals surface area contributed by atoms with E-state index in [9.17, 15) is 46.1 Å². The SMILES string of the molecule is CCC[C@H]1N(C(=O)c2c(C(F)(F)F)ccnc2OCCO)CCC[C@@]1(Oc1csc(C(F)(F)F)c1)C(=O)N1CCN(c2ccccc2OCCO)CC1. The maximum atomic E-state index is 14.9. The molecule has 2 aliphatic heterocycles. The van der Waals surface area contributed by atoms with Crippen LogP contribution in [0.25, 0.3) is 0 Å². The molecule has 1 aromatic carbocycles. The first kappa shape index (κ1) is 39.9. The van der Waals surface area contributed by atoms with E-state index in [4.69, 9.17) is 14.2 Å². The number of benzene rings is 1. The van der Waals surface area contributed by atoms with Crippen molar-refractivity contribution in [3.8, 4) is 17.4 Å². The second-order valence-corrected chi connectivity index (χ2v) is 13.4. The summed E-state index contributed by atoms with van der Waals surface area (Å²) in [5.74, 6) is -2.16. The Morgan fingerprint density at radius 3 is 2.30 bits per heavy atom. The summed E-state index contributed by atoms with van der Waals surface area (Å²) in [5, 5.41) is 19.7. The number of anilines is 1. The summed E-state index contributed by atoms with van der Waals surface area (Å²) in [6.07, 6.45) is -8.48. The Labute approximate surface area is 305 Å². The standard InChI is InChI=1S/C35H40F6N4O7S/c1-2-6-27-33(52-23-21-28(53-22-23)35(39,40)41,32(49)44-15-13-43(14-16-44)25-7-3-4-8-26(25)50-19-17-46)10-5-12-45(27)31(48)29-24(34(36,37)38)9-11-42-30(29)51-20-18-47/h3-4,7-9,11,21-22,27,46-47H,2,5-6,10,12-20H2,1H3/t27-,33+/m1/s1. The monoisotopic (exact) mass is 774 g/mol. The Balaban J connectivity index is 1.54. The summed E-state index contributed by atoms with van der Waals surface area (Å²) in [6.45, 7) is 1.41. The molecular formula is C35H40F6N4O7S. The smallest absolute Gasteiger partial charge is 0.425 e. The summed E-state index contributed by atoms with van der Waals surface area (Å²) in [5.41, 5.74) is -3.50. The van der Waals surface area contributed by atoms with E-state index in [1.54, 1.807) is 19.1 Å². The Kier molecular flexibility index (Phi) is 12.7. The molecule has 2 fully saturated rings. The lowest BCUT2D eigenvalue weighted by Gasteiger charge is -2.51. The Bertz CT molecular complexity index is 1720. The number of aliphatic hydroxyl groups is 2. The number of likely N-dealkylation sites (tertiary alicyclic amines) is 1. The minimum Gasteiger partial charge on any atom is -0.489 e. The lowest BCUT2D eigenvalue weighted by molar-refractivity contribution is -0.159. The van der Waals surface area contributed by atoms with Crippen LogP contribution in [-0.2, 0) is 17.1 Å². The van der Waals surface area contributed by atoms with Crippen LogP contribution in [0.3, 0.4) is 0 Å². The molecule has 0 radical (unpaired) electrons. The number of hydrogen-bond donors (Lipinski definition) is 2. The minimum absolute atomic E-state index is 0.0391. The van der Waals surface area contributed by atoms with Gasteiger partial charge in [0.15, 0.2) is 0 Å². The van der Waals surface area contributed by atoms with Crippen LogP contribution in [0.15, 0.2) is 48.0 Å². The molecule has 0 bridgehead atoms. The lowest BCUT2D eigenvalue weighted by Crippen LogP contribution is -2.69. The van der Waals surface area contributed by atoms with Gasteiger partial charge >= 0.3 is 12.4 Å². The first-order valence-electron chi connectivity index (χ1n) is 17.1. The van der Waals surface area contributed by atoms with Gasteiger partial charge in [0.2, 0.25) is 11.5 Å². The number of halogens is 6. The summed E-state index contributed by atoms with van der Waals surface area (Å²) >= 11 is 0.369. The highest BCUT2D eigenvalue weighted by molar-refractivity contribution is 7.10. The van der Waals surface area contributed by atoms with Crippen LogP contribution in [0.1, 0.15) is 53.4 Å². The van der Waals surface area contributed by atoms with E-state index in [-0.39, 0.29) is 57.9 Å². The predicted molar refractivity (Wildman–Crippen MR) is 181 cm³/mol. The van der Waals surface area contributed by atoms with Crippen LogP contribution in [0.5, 0.6) is 17.4 Å². The maximum Gasteiger partial charge on any atom is 0.425 e. The van der Waals surface area contributed by atoms with E-state index in [1.165, 1.54) is 4.90 Å². The van der Waals surface area contributed by atoms with Crippen LogP contribution in [0, 0.1) is 0 Å². The molecule has 2 atom stereocenters. The zero-order valence-electron chi connectivity index (χ0n) is 28.8. The van der Waals surface area contributed by atoms with Crippen molar-refractivity contribution >= 4 is 28.8 Å². The van der Waals surface area contributed by atoms with Crippen LogP contribution in [-0.4, -0.2) is 108 Å². The number of pyridine rings is 1. The topological polar surface area (TPSA) is 125 Å². The number of piperazine rings is 1. The number of ether oxygens (including phenoxy) is 3. The average Bonchev–Trinajstić information content (AvgIpc) is 3.62. The third-order valence-electron chi connectivity index (χ3n) is 9.09. The highest BCUT2D eigenvalue weighted by Gasteiger charge is 2.56. The van der Waals surface area contributed by atoms with E-state index in [2.05, 4.69) is 4.98 Å². The second-order valence-electron chi connectivity index (χ2n) is 12.5. The Hall–Kier alpha value is -4.29. The Morgan fingerprint density at radius 1 is 0.962 bits per heavy atom. The minimum atomic E-state index is -5.02. The fourth-order valence-electron chi connectivity index (χ4n) is 6.83. The number of nitrogens with zero attached hydrogens (tertiary/aromatic N) is 4. The van der Waals surface area contributed by atoms with E-state index >= 15 is 0 Å². The molecule has 0 spiro atoms. The molecule has 18 heteroatoms. The van der Waals surface area contributed by atoms with E-state index in [0.717, 1.165) is 28.2 Å². The largest absolute Gasteiger partial charge is 0.489 e. The molecule has 0 unspecified atom stereocenters. The number of aromatic nitrogens is 1. The molecule has 2 saturated heterocycles. The third kappa shape index (κ3) is 8.75. The summed E-state index contributed by atoms with van der Waals surface area (Å²) in [4.78, 5) is 36.8. The predicted octanol–water partition coefficient (Wildman–Crippen LogP) is 5.49. The van der Waals surface area contributed by atoms with Gasteiger partial charge in [-0.1, -0.05) is 25.5 Å². The zero-order valence-corrected chi connectivity index (χ0v) is 29.6. The van der Waals surface area contributed by atoms with Crippen LogP contribution in [0.4, 0.5) is 32.0 Å². The highest BCUT2D eigenvalue weighted by Crippen LogP contribution is 2.44. The quantitative estimate of drug-likeness (QED) is 0.217. The number of rotatable bonds is 13. The number of carbonyl (C=O) groups excluding carboxylic acids is 2. The summed E-state index contributed by atoms with van der Waals surface area (Å²) in [7, 11) is 0. The molecule has 2 N–H and O–H groups in total. The molecule has 2 amide bonds. The molecule has 3 aromatic rings. The fourth-order valence-corrected chi connectivity index (χ4v) is 7.51. The normalized spacial score (nSPS) is 19.6. The van der Waals surface area contributed by atoms with Crippen molar-refractivity contribution < 1.29 is 60.4 Å². The molecular weight excluding hydrogens is 734 g/mol. The lowest BCUT2D eigenvalue weighted by atomic mass is 9.79. The zero-order chi connectivity index (χ0) is 38.4. The van der Waals surface area contributed by atoms with E-state index in [1.807, 2.05) is 17.0 Å². The molecule has 53 heavy (non-hydrogen) atoms. The van der Waals surface area contributed by atoms with Crippen molar-refractivity contribution in [2.45, 2.75) is 56.6 Å². The highest BCUT2D eigenvalue weighted by atomic mass is 32.1.